The third-order valence-electron chi connectivity index (χ3n) is 6.48. The SMILES string of the molecule is CC(c1cnn(-c2ccccc2F)c1)n1nc(-c2cc(C#N)cc(C3CC3)c2)c2c(N)ncnc21. The average molecular weight is 465 g/mol. The number of hydrogen-bond donors (Lipinski definition) is 1. The van der Waals surface area contributed by atoms with Gasteiger partial charge in [0.05, 0.1) is 29.3 Å². The molecule has 1 atom stereocenters. The van der Waals surface area contributed by atoms with Gasteiger partial charge in [0.1, 0.15) is 29.3 Å². The standard InChI is InChI=1S/C26H21FN8/c1-15(20-12-32-34(13-20)22-5-3-2-4-21(22)27)35-26-23(25(29)30-14-31-26)24(33-35)19-9-16(11-28)8-18(10-19)17-6-7-17/h2-5,8-10,12-15,17H,6-7H2,1H3,(H2,29,30,31). The first-order valence-electron chi connectivity index (χ1n) is 11.4. The van der Waals surface area contributed by atoms with Gasteiger partial charge in [-0.3, -0.25) is 0 Å². The van der Waals surface area contributed by atoms with Crippen LogP contribution < -0.4 is 5.73 Å². The van der Waals surface area contributed by atoms with Gasteiger partial charge in [-0.05, 0) is 61.6 Å². The molecule has 0 aliphatic heterocycles. The van der Waals surface area contributed by atoms with Gasteiger partial charge < -0.3 is 5.73 Å². The molecule has 0 saturated heterocycles. The minimum absolute atomic E-state index is 0.275. The monoisotopic (exact) mass is 464 g/mol. The number of benzene rings is 2. The van der Waals surface area contributed by atoms with E-state index < -0.39 is 0 Å². The highest BCUT2D eigenvalue weighted by Gasteiger charge is 2.26. The maximum absolute atomic E-state index is 14.3. The van der Waals surface area contributed by atoms with Gasteiger partial charge in [0.15, 0.2) is 5.65 Å². The summed E-state index contributed by atoms with van der Waals surface area (Å²) < 4.78 is 17.6. The number of anilines is 1. The number of fused-ring (bicyclic) bond motifs is 1. The van der Waals surface area contributed by atoms with Gasteiger partial charge in [-0.15, -0.1) is 0 Å². The van der Waals surface area contributed by atoms with Crippen LogP contribution in [0.25, 0.3) is 28.0 Å². The molecule has 2 aromatic carbocycles. The minimum atomic E-state index is -0.356. The Labute approximate surface area is 200 Å². The number of hydrogen-bond acceptors (Lipinski definition) is 6. The average Bonchev–Trinajstić information content (AvgIpc) is 3.48. The Morgan fingerprint density at radius 2 is 2.00 bits per heavy atom. The predicted molar refractivity (Wildman–Crippen MR) is 129 cm³/mol. The van der Waals surface area contributed by atoms with Crippen LogP contribution in [0.4, 0.5) is 10.2 Å². The van der Waals surface area contributed by atoms with Crippen molar-refractivity contribution in [3.05, 3.63) is 83.7 Å². The van der Waals surface area contributed by atoms with E-state index in [0.717, 1.165) is 29.5 Å². The van der Waals surface area contributed by atoms with E-state index >= 15 is 0 Å². The fraction of sp³-hybridized carbons (Fsp3) is 0.192. The molecule has 3 aromatic heterocycles. The highest BCUT2D eigenvalue weighted by atomic mass is 19.1. The summed E-state index contributed by atoms with van der Waals surface area (Å²) in [6.45, 7) is 1.97. The molecule has 1 saturated carbocycles. The second-order valence-electron chi connectivity index (χ2n) is 8.83. The van der Waals surface area contributed by atoms with Crippen LogP contribution in [0.2, 0.25) is 0 Å². The van der Waals surface area contributed by atoms with Crippen molar-refractivity contribution in [3.63, 3.8) is 0 Å². The van der Waals surface area contributed by atoms with Gasteiger partial charge in [0.2, 0.25) is 0 Å². The first-order valence-corrected chi connectivity index (χ1v) is 11.4. The van der Waals surface area contributed by atoms with E-state index in [1.165, 1.54) is 17.1 Å². The second kappa shape index (κ2) is 8.02. The maximum atomic E-state index is 14.3. The number of para-hydroxylation sites is 1. The van der Waals surface area contributed by atoms with Gasteiger partial charge in [0, 0.05) is 17.3 Å². The lowest BCUT2D eigenvalue weighted by Crippen LogP contribution is -2.09. The number of nitrogen functional groups attached to an aromatic ring is 1. The zero-order valence-corrected chi connectivity index (χ0v) is 18.9. The van der Waals surface area contributed by atoms with Crippen LogP contribution in [-0.2, 0) is 0 Å². The van der Waals surface area contributed by atoms with Crippen LogP contribution in [0, 0.1) is 17.1 Å². The number of nitriles is 1. The zero-order valence-electron chi connectivity index (χ0n) is 18.9. The minimum Gasteiger partial charge on any atom is -0.383 e. The summed E-state index contributed by atoms with van der Waals surface area (Å²) in [5.74, 6) is 0.443. The molecule has 9 heteroatoms. The normalized spacial score (nSPS) is 14.2. The van der Waals surface area contributed by atoms with Crippen molar-refractivity contribution in [3.8, 4) is 23.0 Å². The Balaban J connectivity index is 1.48. The lowest BCUT2D eigenvalue weighted by Gasteiger charge is -2.11. The van der Waals surface area contributed by atoms with Crippen LogP contribution in [0.15, 0.2) is 61.2 Å². The van der Waals surface area contributed by atoms with Crippen LogP contribution in [0.3, 0.4) is 0 Å². The van der Waals surface area contributed by atoms with Crippen molar-refractivity contribution in [2.24, 2.45) is 0 Å². The number of rotatable bonds is 5. The van der Waals surface area contributed by atoms with Crippen LogP contribution in [0.5, 0.6) is 0 Å². The molecule has 6 rings (SSSR count). The van der Waals surface area contributed by atoms with Gasteiger partial charge in [-0.25, -0.2) is 23.7 Å². The Bertz CT molecular complexity index is 1620. The Morgan fingerprint density at radius 1 is 1.17 bits per heavy atom. The summed E-state index contributed by atoms with van der Waals surface area (Å²) in [5.41, 5.74) is 11.2. The fourth-order valence-electron chi connectivity index (χ4n) is 4.44. The summed E-state index contributed by atoms with van der Waals surface area (Å²) in [7, 11) is 0. The lowest BCUT2D eigenvalue weighted by molar-refractivity contribution is 0.580. The molecule has 172 valence electrons. The van der Waals surface area contributed by atoms with E-state index in [9.17, 15) is 9.65 Å². The predicted octanol–water partition coefficient (Wildman–Crippen LogP) is 4.76. The number of halogens is 1. The molecule has 3 heterocycles. The molecule has 0 radical (unpaired) electrons. The molecular formula is C26H21FN8. The summed E-state index contributed by atoms with van der Waals surface area (Å²) in [4.78, 5) is 8.68. The Morgan fingerprint density at radius 3 is 2.77 bits per heavy atom. The maximum Gasteiger partial charge on any atom is 0.164 e. The van der Waals surface area contributed by atoms with Gasteiger partial charge in [-0.1, -0.05) is 12.1 Å². The van der Waals surface area contributed by atoms with Crippen LogP contribution in [-0.4, -0.2) is 29.5 Å². The highest BCUT2D eigenvalue weighted by molar-refractivity contribution is 5.98. The summed E-state index contributed by atoms with van der Waals surface area (Å²) in [6, 6.07) is 14.3. The molecule has 5 aromatic rings. The molecule has 8 nitrogen and oxygen atoms in total. The lowest BCUT2D eigenvalue weighted by atomic mass is 10.00. The topological polar surface area (TPSA) is 111 Å². The summed E-state index contributed by atoms with van der Waals surface area (Å²) in [5, 5.41) is 19.5. The molecule has 0 amide bonds. The summed E-state index contributed by atoms with van der Waals surface area (Å²) >= 11 is 0. The van der Waals surface area contributed by atoms with Crippen LogP contribution in [0.1, 0.15) is 48.4 Å². The van der Waals surface area contributed by atoms with E-state index in [0.29, 0.717) is 39.7 Å². The van der Waals surface area contributed by atoms with Crippen molar-refractivity contribution in [2.75, 3.05) is 5.73 Å². The van der Waals surface area contributed by atoms with Crippen molar-refractivity contribution in [1.82, 2.24) is 29.5 Å². The molecule has 2 N–H and O–H groups in total. The van der Waals surface area contributed by atoms with Gasteiger partial charge >= 0.3 is 0 Å². The fourth-order valence-corrected chi connectivity index (χ4v) is 4.44. The van der Waals surface area contributed by atoms with Crippen molar-refractivity contribution >= 4 is 16.9 Å². The quantitative estimate of drug-likeness (QED) is 0.401. The first-order chi connectivity index (χ1) is 17.0. The molecule has 1 aliphatic carbocycles. The molecule has 1 aliphatic rings. The zero-order chi connectivity index (χ0) is 24.1. The molecule has 35 heavy (non-hydrogen) atoms. The second-order valence-corrected chi connectivity index (χ2v) is 8.83. The Kier molecular flexibility index (Phi) is 4.81. The van der Waals surface area contributed by atoms with Gasteiger partial charge in [-0.2, -0.15) is 15.5 Å². The third-order valence-corrected chi connectivity index (χ3v) is 6.48. The van der Waals surface area contributed by atoms with E-state index in [2.05, 4.69) is 27.2 Å². The van der Waals surface area contributed by atoms with E-state index in [-0.39, 0.29) is 11.9 Å². The largest absolute Gasteiger partial charge is 0.383 e. The van der Waals surface area contributed by atoms with Crippen LogP contribution >= 0.6 is 0 Å². The smallest absolute Gasteiger partial charge is 0.164 e. The van der Waals surface area contributed by atoms with E-state index in [1.807, 2.05) is 19.1 Å². The van der Waals surface area contributed by atoms with Crippen molar-refractivity contribution in [1.29, 1.82) is 5.26 Å². The van der Waals surface area contributed by atoms with Crippen molar-refractivity contribution < 1.29 is 4.39 Å². The highest BCUT2D eigenvalue weighted by Crippen LogP contribution is 2.42. The molecular weight excluding hydrogens is 443 g/mol. The number of nitrogens with two attached hydrogens (primary N) is 1. The van der Waals surface area contributed by atoms with E-state index in [4.69, 9.17) is 10.8 Å². The Hall–Kier alpha value is -4.58. The molecule has 0 bridgehead atoms. The number of aromatic nitrogens is 6. The van der Waals surface area contributed by atoms with E-state index in [1.54, 1.807) is 35.3 Å². The third kappa shape index (κ3) is 3.60. The first kappa shape index (κ1) is 21.0. The molecule has 1 unspecified atom stereocenters. The number of nitrogens with zero attached hydrogens (tertiary/aromatic N) is 7. The molecule has 0 spiro atoms. The molecule has 1 fully saturated rings. The summed E-state index contributed by atoms with van der Waals surface area (Å²) in [6.07, 6.45) is 7.13. The van der Waals surface area contributed by atoms with Gasteiger partial charge in [0.25, 0.3) is 0 Å². The van der Waals surface area contributed by atoms with Crippen molar-refractivity contribution in [2.45, 2.75) is 31.7 Å².